The van der Waals surface area contributed by atoms with Crippen molar-refractivity contribution in [1.29, 1.82) is 0 Å². The maximum atomic E-state index is 6.15. The minimum Gasteiger partial charge on any atom is -0.379 e. The lowest BCUT2D eigenvalue weighted by Gasteiger charge is -2.49. The Labute approximate surface area is 118 Å². The second-order valence-corrected chi connectivity index (χ2v) is 6.25. The van der Waals surface area contributed by atoms with Gasteiger partial charge in [0.2, 0.25) is 0 Å². The van der Waals surface area contributed by atoms with Crippen molar-refractivity contribution in [3.63, 3.8) is 0 Å². The fourth-order valence-electron chi connectivity index (χ4n) is 3.87. The molecule has 0 aromatic rings. The highest BCUT2D eigenvalue weighted by atomic mass is 16.5. The number of rotatable bonds is 6. The molecule has 4 heteroatoms. The first-order valence-corrected chi connectivity index (χ1v) is 7.89. The van der Waals surface area contributed by atoms with E-state index in [0.717, 1.165) is 13.0 Å². The van der Waals surface area contributed by atoms with Crippen LogP contribution in [0.3, 0.4) is 0 Å². The van der Waals surface area contributed by atoms with Crippen molar-refractivity contribution in [2.75, 3.05) is 46.9 Å². The third-order valence-corrected chi connectivity index (χ3v) is 5.27. The summed E-state index contributed by atoms with van der Waals surface area (Å²) in [6.45, 7) is 5.54. The van der Waals surface area contributed by atoms with Gasteiger partial charge in [-0.3, -0.25) is 4.90 Å². The molecule has 1 aliphatic carbocycles. The average molecular weight is 269 g/mol. The van der Waals surface area contributed by atoms with Gasteiger partial charge in [-0.1, -0.05) is 12.8 Å². The van der Waals surface area contributed by atoms with Crippen LogP contribution in [0.1, 0.15) is 38.5 Å². The van der Waals surface area contributed by atoms with Crippen molar-refractivity contribution >= 4 is 0 Å². The molecule has 0 aromatic carbocycles. The Bertz CT molecular complexity index is 268. The lowest BCUT2D eigenvalue weighted by molar-refractivity contribution is -0.0670. The van der Waals surface area contributed by atoms with Crippen molar-refractivity contribution in [2.45, 2.75) is 50.2 Å². The molecule has 1 saturated heterocycles. The molecule has 2 aliphatic rings. The molecule has 4 nitrogen and oxygen atoms in total. The molecule has 2 fully saturated rings. The van der Waals surface area contributed by atoms with Gasteiger partial charge in [0.15, 0.2) is 0 Å². The topological polar surface area (TPSA) is 41.7 Å². The smallest absolute Gasteiger partial charge is 0.0767 e. The van der Waals surface area contributed by atoms with E-state index < -0.39 is 0 Å². The van der Waals surface area contributed by atoms with Crippen LogP contribution < -0.4 is 5.73 Å². The second kappa shape index (κ2) is 7.02. The quantitative estimate of drug-likeness (QED) is 0.789. The highest BCUT2D eigenvalue weighted by Crippen LogP contribution is 2.34. The number of nitrogens with zero attached hydrogens (tertiary/aromatic N) is 2. The average Bonchev–Trinajstić information content (AvgIpc) is 2.97. The molecular formula is C15H31N3O. The van der Waals surface area contributed by atoms with Crippen molar-refractivity contribution in [1.82, 2.24) is 9.80 Å². The first-order valence-electron chi connectivity index (χ1n) is 7.89. The Balaban J connectivity index is 1.93. The predicted molar refractivity (Wildman–Crippen MR) is 79.4 cm³/mol. The monoisotopic (exact) mass is 269 g/mol. The summed E-state index contributed by atoms with van der Waals surface area (Å²) >= 11 is 0. The van der Waals surface area contributed by atoms with Gasteiger partial charge in [-0.25, -0.2) is 0 Å². The zero-order chi connectivity index (χ0) is 13.7. The molecule has 0 bridgehead atoms. The number of hydrogen-bond acceptors (Lipinski definition) is 4. The third-order valence-electron chi connectivity index (χ3n) is 5.27. The van der Waals surface area contributed by atoms with E-state index >= 15 is 0 Å². The van der Waals surface area contributed by atoms with Crippen LogP contribution in [0.25, 0.3) is 0 Å². The summed E-state index contributed by atoms with van der Waals surface area (Å²) in [4.78, 5) is 5.06. The molecule has 0 aromatic heterocycles. The summed E-state index contributed by atoms with van der Waals surface area (Å²) in [7, 11) is 4.08. The molecule has 112 valence electrons. The molecule has 1 saturated carbocycles. The normalized spacial score (nSPS) is 33.2. The summed E-state index contributed by atoms with van der Waals surface area (Å²) in [5.74, 6) is 0. The Kier molecular flexibility index (Phi) is 5.63. The summed E-state index contributed by atoms with van der Waals surface area (Å²) in [6, 6.07) is 0. The first-order chi connectivity index (χ1) is 9.23. The predicted octanol–water partition coefficient (Wildman–Crippen LogP) is 1.30. The number of methoxy groups -OCH3 is 1. The van der Waals surface area contributed by atoms with Crippen LogP contribution in [0.5, 0.6) is 0 Å². The van der Waals surface area contributed by atoms with E-state index in [4.69, 9.17) is 10.5 Å². The van der Waals surface area contributed by atoms with Gasteiger partial charge >= 0.3 is 0 Å². The zero-order valence-electron chi connectivity index (χ0n) is 12.7. The van der Waals surface area contributed by atoms with Gasteiger partial charge in [0.25, 0.3) is 0 Å². The van der Waals surface area contributed by atoms with Gasteiger partial charge in [-0.2, -0.15) is 0 Å². The number of nitrogens with two attached hydrogens (primary N) is 1. The summed E-state index contributed by atoms with van der Waals surface area (Å²) in [6.07, 6.45) is 7.93. The SMILES string of the molecule is COC1CCCCC1(CN)N(C)CCN1CCCC1. The van der Waals surface area contributed by atoms with Crippen LogP contribution in [-0.4, -0.2) is 68.3 Å². The van der Waals surface area contributed by atoms with Crippen LogP contribution in [0.4, 0.5) is 0 Å². The van der Waals surface area contributed by atoms with Gasteiger partial charge in [0.1, 0.15) is 0 Å². The van der Waals surface area contributed by atoms with Gasteiger partial charge in [-0.15, -0.1) is 0 Å². The molecule has 2 N–H and O–H groups in total. The van der Waals surface area contributed by atoms with Crippen LogP contribution >= 0.6 is 0 Å². The minimum absolute atomic E-state index is 0.0622. The maximum Gasteiger partial charge on any atom is 0.0767 e. The molecule has 19 heavy (non-hydrogen) atoms. The van der Waals surface area contributed by atoms with E-state index in [1.807, 2.05) is 7.11 Å². The lowest BCUT2D eigenvalue weighted by Crippen LogP contribution is -2.62. The molecule has 1 aliphatic heterocycles. The van der Waals surface area contributed by atoms with E-state index in [1.165, 1.54) is 51.7 Å². The molecule has 0 radical (unpaired) electrons. The van der Waals surface area contributed by atoms with Crippen LogP contribution in [0.2, 0.25) is 0 Å². The first kappa shape index (κ1) is 15.2. The van der Waals surface area contributed by atoms with Crippen LogP contribution in [-0.2, 0) is 4.74 Å². The van der Waals surface area contributed by atoms with E-state index in [0.29, 0.717) is 12.6 Å². The molecule has 2 atom stereocenters. The Morgan fingerprint density at radius 1 is 1.26 bits per heavy atom. The number of hydrogen-bond donors (Lipinski definition) is 1. The summed E-state index contributed by atoms with van der Waals surface area (Å²) in [5, 5.41) is 0. The van der Waals surface area contributed by atoms with Crippen LogP contribution in [0.15, 0.2) is 0 Å². The summed E-state index contributed by atoms with van der Waals surface area (Å²) in [5.41, 5.74) is 6.22. The Hall–Kier alpha value is -0.160. The molecule has 0 spiro atoms. The van der Waals surface area contributed by atoms with Gasteiger partial charge in [0, 0.05) is 26.7 Å². The Morgan fingerprint density at radius 2 is 2.00 bits per heavy atom. The van der Waals surface area contributed by atoms with Crippen molar-refractivity contribution in [2.24, 2.45) is 5.73 Å². The van der Waals surface area contributed by atoms with E-state index in [-0.39, 0.29) is 5.54 Å². The summed E-state index contributed by atoms with van der Waals surface area (Å²) < 4.78 is 5.76. The zero-order valence-corrected chi connectivity index (χ0v) is 12.7. The molecule has 2 rings (SSSR count). The van der Waals surface area contributed by atoms with Crippen molar-refractivity contribution in [3.05, 3.63) is 0 Å². The molecular weight excluding hydrogens is 238 g/mol. The largest absolute Gasteiger partial charge is 0.379 e. The van der Waals surface area contributed by atoms with Crippen LogP contribution in [0, 0.1) is 0 Å². The minimum atomic E-state index is 0.0622. The third kappa shape index (κ3) is 3.30. The van der Waals surface area contributed by atoms with Gasteiger partial charge in [-0.05, 0) is 45.8 Å². The molecule has 2 unspecified atom stereocenters. The van der Waals surface area contributed by atoms with Gasteiger partial charge < -0.3 is 15.4 Å². The highest BCUT2D eigenvalue weighted by Gasteiger charge is 2.43. The Morgan fingerprint density at radius 3 is 2.63 bits per heavy atom. The second-order valence-electron chi connectivity index (χ2n) is 6.25. The van der Waals surface area contributed by atoms with E-state index in [1.54, 1.807) is 0 Å². The fourth-order valence-corrected chi connectivity index (χ4v) is 3.87. The molecule has 0 amide bonds. The lowest BCUT2D eigenvalue weighted by atomic mass is 9.77. The number of likely N-dealkylation sites (N-methyl/N-ethyl adjacent to an activating group) is 1. The highest BCUT2D eigenvalue weighted by molar-refractivity contribution is 5.00. The van der Waals surface area contributed by atoms with Crippen molar-refractivity contribution < 1.29 is 4.74 Å². The number of likely N-dealkylation sites (tertiary alicyclic amines) is 1. The van der Waals surface area contributed by atoms with Crippen molar-refractivity contribution in [3.8, 4) is 0 Å². The van der Waals surface area contributed by atoms with E-state index in [2.05, 4.69) is 16.8 Å². The van der Waals surface area contributed by atoms with Gasteiger partial charge in [0.05, 0.1) is 11.6 Å². The fraction of sp³-hybridized carbons (Fsp3) is 1.00. The van der Waals surface area contributed by atoms with E-state index in [9.17, 15) is 0 Å². The molecule has 1 heterocycles. The number of ether oxygens (including phenoxy) is 1. The standard InChI is InChI=1S/C15H31N3O/c1-17(11-12-18-9-5-6-10-18)15(13-16)8-4-3-7-14(15)19-2/h14H,3-13,16H2,1-2H3. The maximum absolute atomic E-state index is 6.15.